The first-order valence-electron chi connectivity index (χ1n) is 13.2. The summed E-state index contributed by atoms with van der Waals surface area (Å²) >= 11 is 6.29. The summed E-state index contributed by atoms with van der Waals surface area (Å²) in [5, 5.41) is 25.3. The molecule has 0 aliphatic heterocycles. The second-order valence-corrected chi connectivity index (χ2v) is 13.5. The Kier molecular flexibility index (Phi) is 8.89. The van der Waals surface area contributed by atoms with Crippen molar-refractivity contribution in [2.24, 2.45) is 11.8 Å². The number of benzene rings is 2. The van der Waals surface area contributed by atoms with Crippen LogP contribution in [0.3, 0.4) is 0 Å². The van der Waals surface area contributed by atoms with Gasteiger partial charge in [0.25, 0.3) is 5.91 Å². The average Bonchev–Trinajstić information content (AvgIpc) is 2.86. The minimum absolute atomic E-state index is 0.00745. The van der Waals surface area contributed by atoms with E-state index in [1.54, 1.807) is 6.92 Å². The van der Waals surface area contributed by atoms with Gasteiger partial charge in [-0.2, -0.15) is 0 Å². The number of carbonyl (C=O) groups is 2. The van der Waals surface area contributed by atoms with Gasteiger partial charge in [0.1, 0.15) is 0 Å². The normalized spacial score (nSPS) is 28.4. The highest BCUT2D eigenvalue weighted by Gasteiger charge is 2.51. The zero-order chi connectivity index (χ0) is 29.4. The van der Waals surface area contributed by atoms with Crippen LogP contribution in [0.1, 0.15) is 62.7 Å². The van der Waals surface area contributed by atoms with E-state index in [-0.39, 0.29) is 52.4 Å². The zero-order valence-corrected chi connectivity index (χ0v) is 23.7. The van der Waals surface area contributed by atoms with E-state index in [0.29, 0.717) is 19.3 Å². The number of anilines is 1. The van der Waals surface area contributed by atoms with Crippen LogP contribution in [0.5, 0.6) is 0 Å². The molecule has 0 saturated heterocycles. The van der Waals surface area contributed by atoms with Gasteiger partial charge in [-0.05, 0) is 67.9 Å². The van der Waals surface area contributed by atoms with Crippen LogP contribution < -0.4 is 10.6 Å². The van der Waals surface area contributed by atoms with Gasteiger partial charge >= 0.3 is 0 Å². The van der Waals surface area contributed by atoms with Crippen LogP contribution in [0.15, 0.2) is 41.3 Å². The first kappa shape index (κ1) is 30.4. The highest BCUT2D eigenvalue weighted by Crippen LogP contribution is 2.46. The molecule has 1 unspecified atom stereocenters. The molecule has 0 bridgehead atoms. The van der Waals surface area contributed by atoms with Gasteiger partial charge in [-0.3, -0.25) is 9.59 Å². The Hall–Kier alpha value is -2.60. The molecule has 12 heteroatoms. The largest absolute Gasteiger partial charge is 0.393 e. The number of hydrogen-bond acceptors (Lipinski definition) is 6. The average molecular weight is 599 g/mol. The van der Waals surface area contributed by atoms with E-state index in [2.05, 4.69) is 10.6 Å². The van der Waals surface area contributed by atoms with Crippen molar-refractivity contribution in [2.75, 3.05) is 5.32 Å². The fourth-order valence-electron chi connectivity index (χ4n) is 5.77. The van der Waals surface area contributed by atoms with Crippen LogP contribution >= 0.6 is 11.6 Å². The molecule has 2 aliphatic carbocycles. The lowest BCUT2D eigenvalue weighted by atomic mass is 9.66. The predicted molar refractivity (Wildman–Crippen MR) is 146 cm³/mol. The molecule has 218 valence electrons. The summed E-state index contributed by atoms with van der Waals surface area (Å²) in [6.07, 6.45) is 0.937. The van der Waals surface area contributed by atoms with E-state index < -0.39 is 56.2 Å². The second-order valence-electron chi connectivity index (χ2n) is 10.9. The molecular weight excluding hydrogens is 566 g/mol. The van der Waals surface area contributed by atoms with E-state index in [1.165, 1.54) is 18.2 Å². The molecule has 4 rings (SSSR count). The lowest BCUT2D eigenvalue weighted by molar-refractivity contribution is -0.139. The Labute approximate surface area is 237 Å². The summed E-state index contributed by atoms with van der Waals surface area (Å²) < 4.78 is 54.4. The third-order valence-electron chi connectivity index (χ3n) is 8.26. The highest BCUT2D eigenvalue weighted by molar-refractivity contribution is 7.92. The molecule has 2 aliphatic rings. The van der Waals surface area contributed by atoms with Gasteiger partial charge in [0.2, 0.25) is 5.91 Å². The Morgan fingerprint density at radius 1 is 1.07 bits per heavy atom. The lowest BCUT2D eigenvalue weighted by Crippen LogP contribution is -2.55. The molecule has 2 amide bonds. The van der Waals surface area contributed by atoms with E-state index in [4.69, 9.17) is 11.6 Å². The molecule has 2 aromatic carbocycles. The molecule has 4 N–H and O–H groups in total. The summed E-state index contributed by atoms with van der Waals surface area (Å²) in [6.45, 7) is 3.55. The van der Waals surface area contributed by atoms with Gasteiger partial charge in [-0.1, -0.05) is 31.9 Å². The van der Waals surface area contributed by atoms with E-state index in [9.17, 15) is 37.0 Å². The van der Waals surface area contributed by atoms with Crippen LogP contribution in [0, 0.1) is 23.5 Å². The number of hydrogen-bond donors (Lipinski definition) is 4. The molecule has 40 heavy (non-hydrogen) atoms. The van der Waals surface area contributed by atoms with Crippen molar-refractivity contribution in [3.05, 3.63) is 58.6 Å². The standard InChI is InChI=1S/C28H33ClF2N2O6S/c1-3-17-10-21(8-15(2)28(17,37)14-26(35)32-19-11-20(34)12-19)40(38,39)25-9-16(4-6-22(25)29)27(36)33-18-5-7-23(30)24(31)13-18/h4-7,9,13,15,17,19-21,34,37H,3,8,10-12,14H2,1-2H3,(H,32,35)(H,33,36)/t15-,17?,19?,20?,21-,28-/m0/s1. The minimum atomic E-state index is -4.07. The maximum absolute atomic E-state index is 13.8. The SMILES string of the molecule is CCC1C[C@@H](S(=O)(=O)c2cc(C(=O)Nc3ccc(F)c(F)c3)ccc2Cl)C[C@H](C)[C@@]1(O)CC(=O)NC1CC(O)C1. The van der Waals surface area contributed by atoms with Crippen LogP contribution in [-0.4, -0.2) is 53.4 Å². The quantitative estimate of drug-likeness (QED) is 0.359. The smallest absolute Gasteiger partial charge is 0.255 e. The van der Waals surface area contributed by atoms with Crippen molar-refractivity contribution >= 4 is 38.9 Å². The van der Waals surface area contributed by atoms with E-state index in [0.717, 1.165) is 18.2 Å². The molecule has 2 saturated carbocycles. The summed E-state index contributed by atoms with van der Waals surface area (Å²) in [5.41, 5.74) is -1.46. The highest BCUT2D eigenvalue weighted by atomic mass is 35.5. The number of sulfone groups is 1. The summed E-state index contributed by atoms with van der Waals surface area (Å²) in [5.74, 6) is -4.32. The number of carbonyl (C=O) groups excluding carboxylic acids is 2. The van der Waals surface area contributed by atoms with Crippen molar-refractivity contribution in [3.8, 4) is 0 Å². The van der Waals surface area contributed by atoms with Gasteiger partial charge in [-0.15, -0.1) is 0 Å². The number of aliphatic hydroxyl groups excluding tert-OH is 1. The zero-order valence-electron chi connectivity index (χ0n) is 22.2. The fraction of sp³-hybridized carbons (Fsp3) is 0.500. The monoisotopic (exact) mass is 598 g/mol. The molecule has 0 radical (unpaired) electrons. The van der Waals surface area contributed by atoms with E-state index in [1.807, 2.05) is 6.92 Å². The first-order chi connectivity index (χ1) is 18.7. The Morgan fingerprint density at radius 2 is 1.77 bits per heavy atom. The number of rotatable bonds is 8. The third-order valence-corrected chi connectivity index (χ3v) is 10.9. The minimum Gasteiger partial charge on any atom is -0.393 e. The van der Waals surface area contributed by atoms with Gasteiger partial charge in [0.05, 0.1) is 33.3 Å². The molecule has 8 nitrogen and oxygen atoms in total. The number of halogens is 3. The molecule has 2 aromatic rings. The topological polar surface area (TPSA) is 133 Å². The van der Waals surface area contributed by atoms with Gasteiger partial charge in [0.15, 0.2) is 21.5 Å². The fourth-order valence-corrected chi connectivity index (χ4v) is 8.23. The summed E-state index contributed by atoms with van der Waals surface area (Å²) in [6, 6.07) is 6.48. The molecule has 0 spiro atoms. The number of amides is 2. The summed E-state index contributed by atoms with van der Waals surface area (Å²) in [4.78, 5) is 25.2. The number of aliphatic hydroxyl groups is 2. The Bertz CT molecular complexity index is 1400. The summed E-state index contributed by atoms with van der Waals surface area (Å²) in [7, 11) is -4.07. The Morgan fingerprint density at radius 3 is 2.40 bits per heavy atom. The second kappa shape index (κ2) is 11.7. The van der Waals surface area contributed by atoms with Crippen molar-refractivity contribution in [1.82, 2.24) is 5.32 Å². The van der Waals surface area contributed by atoms with Crippen LogP contribution in [-0.2, 0) is 14.6 Å². The maximum Gasteiger partial charge on any atom is 0.255 e. The van der Waals surface area contributed by atoms with Crippen LogP contribution in [0.25, 0.3) is 0 Å². The van der Waals surface area contributed by atoms with Crippen LogP contribution in [0.4, 0.5) is 14.5 Å². The molecule has 4 atom stereocenters. The van der Waals surface area contributed by atoms with E-state index >= 15 is 0 Å². The molecule has 2 fully saturated rings. The maximum atomic E-state index is 13.8. The van der Waals surface area contributed by atoms with Crippen molar-refractivity contribution < 1.29 is 37.0 Å². The number of nitrogens with one attached hydrogen (secondary N) is 2. The molecular formula is C28H33ClF2N2O6S. The first-order valence-corrected chi connectivity index (χ1v) is 15.2. The predicted octanol–water partition coefficient (Wildman–Crippen LogP) is 4.23. The van der Waals surface area contributed by atoms with Gasteiger partial charge in [-0.25, -0.2) is 17.2 Å². The third kappa shape index (κ3) is 6.17. The van der Waals surface area contributed by atoms with Crippen LogP contribution in [0.2, 0.25) is 5.02 Å². The molecule has 0 aromatic heterocycles. The molecule has 0 heterocycles. The Balaban J connectivity index is 1.52. The van der Waals surface area contributed by atoms with Gasteiger partial charge < -0.3 is 20.8 Å². The lowest BCUT2D eigenvalue weighted by Gasteiger charge is -2.47. The van der Waals surface area contributed by atoms with Gasteiger partial charge in [0, 0.05) is 23.4 Å². The van der Waals surface area contributed by atoms with Crippen molar-refractivity contribution in [2.45, 2.75) is 80.3 Å². The van der Waals surface area contributed by atoms with Crippen molar-refractivity contribution in [1.29, 1.82) is 0 Å². The van der Waals surface area contributed by atoms with Crippen molar-refractivity contribution in [3.63, 3.8) is 0 Å².